The number of hydrogen-bond acceptors (Lipinski definition) is 12. The first-order valence-electron chi connectivity index (χ1n) is 17.7. The molecular weight excluding hydrogens is 664 g/mol. The minimum absolute atomic E-state index is 0.169. The Labute approximate surface area is 302 Å². The molecule has 4 heterocycles. The third kappa shape index (κ3) is 5.44. The Morgan fingerprint density at radius 2 is 0.577 bits per heavy atom. The second kappa shape index (κ2) is 12.4. The van der Waals surface area contributed by atoms with Crippen molar-refractivity contribution in [2.75, 3.05) is 55.1 Å². The zero-order chi connectivity index (χ0) is 36.0. The van der Waals surface area contributed by atoms with Crippen LogP contribution in [0.15, 0.2) is 24.3 Å². The number of nitrogens with zero attached hydrogens (tertiary/aromatic N) is 4. The summed E-state index contributed by atoms with van der Waals surface area (Å²) in [4.78, 5) is 8.01. The fourth-order valence-electron chi connectivity index (χ4n) is 8.51. The van der Waals surface area contributed by atoms with Crippen molar-refractivity contribution < 1.29 is 39.4 Å². The minimum atomic E-state index is 0.169. The number of rotatable bonds is 0. The van der Waals surface area contributed by atoms with Crippen molar-refractivity contribution >= 4 is 0 Å². The van der Waals surface area contributed by atoms with Crippen molar-refractivity contribution in [2.45, 2.75) is 51.9 Å². The van der Waals surface area contributed by atoms with Crippen LogP contribution in [0, 0.1) is 0 Å². The summed E-state index contributed by atoms with van der Waals surface area (Å²) in [5.41, 5.74) is 9.02. The maximum Gasteiger partial charge on any atom is 0.142 e. The maximum absolute atomic E-state index is 11.9. The van der Waals surface area contributed by atoms with E-state index in [1.54, 1.807) is 0 Å². The van der Waals surface area contributed by atoms with Gasteiger partial charge in [0.15, 0.2) is 0 Å². The summed E-state index contributed by atoms with van der Waals surface area (Å²) in [6, 6.07) is 7.93. The van der Waals surface area contributed by atoms with E-state index in [2.05, 4.69) is 0 Å². The third-order valence-electron chi connectivity index (χ3n) is 11.0. The van der Waals surface area contributed by atoms with Gasteiger partial charge in [0.2, 0.25) is 0 Å². The average Bonchev–Trinajstić information content (AvgIpc) is 3.12. The van der Waals surface area contributed by atoms with E-state index in [0.717, 1.165) is 22.3 Å². The highest BCUT2D eigenvalue weighted by molar-refractivity contribution is 5.65. The largest absolute Gasteiger partial charge is 0.507 e. The molecule has 12 nitrogen and oxygen atoms in total. The predicted octanol–water partition coefficient (Wildman–Crippen LogP) is 4.31. The van der Waals surface area contributed by atoms with Crippen LogP contribution >= 0.6 is 0 Å². The minimum Gasteiger partial charge on any atom is -0.507 e. The van der Waals surface area contributed by atoms with E-state index in [-0.39, 0.29) is 23.0 Å². The molecule has 0 saturated heterocycles. The molecule has 8 bridgehead atoms. The summed E-state index contributed by atoms with van der Waals surface area (Å²) in [6.45, 7) is 3.46. The maximum atomic E-state index is 11.9. The van der Waals surface area contributed by atoms with Gasteiger partial charge in [0.05, 0.1) is 22.3 Å². The SMILES string of the molecule is CN1COc2c3cc(c(O)c2C1)Cc1cc(c(O)c2c1OCN(C)C2)Cc1cc(c(O)c2c1OCN(C)C2)Cc1cc(c(O)c2c1OCN(C)C2)C3. The van der Waals surface area contributed by atoms with Gasteiger partial charge in [-0.2, -0.15) is 0 Å². The van der Waals surface area contributed by atoms with Gasteiger partial charge in [-0.25, -0.2) is 0 Å². The highest BCUT2D eigenvalue weighted by Gasteiger charge is 2.32. The number of aromatic hydroxyl groups is 4. The molecule has 5 aliphatic rings. The number of fused-ring (bicyclic) bond motifs is 16. The van der Waals surface area contributed by atoms with E-state index in [1.807, 2.05) is 72.1 Å². The topological polar surface area (TPSA) is 131 Å². The van der Waals surface area contributed by atoms with Crippen LogP contribution in [0.3, 0.4) is 0 Å². The van der Waals surface area contributed by atoms with Crippen LogP contribution in [0.25, 0.3) is 0 Å². The van der Waals surface area contributed by atoms with Gasteiger partial charge in [-0.15, -0.1) is 0 Å². The Kier molecular flexibility index (Phi) is 7.85. The fourth-order valence-corrected chi connectivity index (χ4v) is 8.51. The lowest BCUT2D eigenvalue weighted by Crippen LogP contribution is -2.30. The summed E-state index contributed by atoms with van der Waals surface area (Å²) in [5, 5.41) is 47.4. The molecule has 0 amide bonds. The molecule has 4 N–H and O–H groups in total. The number of phenols is 4. The first-order chi connectivity index (χ1) is 25.0. The van der Waals surface area contributed by atoms with E-state index in [4.69, 9.17) is 18.9 Å². The number of phenolic OH excluding ortho intramolecular Hbond substituents is 4. The average molecular weight is 709 g/mol. The third-order valence-corrected chi connectivity index (χ3v) is 11.0. The molecule has 0 spiro atoms. The van der Waals surface area contributed by atoms with Crippen molar-refractivity contribution in [3.63, 3.8) is 0 Å². The second-order valence-electron chi connectivity index (χ2n) is 15.3. The highest BCUT2D eigenvalue weighted by atomic mass is 16.5. The van der Waals surface area contributed by atoms with Crippen molar-refractivity contribution in [3.05, 3.63) is 91.0 Å². The van der Waals surface area contributed by atoms with Gasteiger partial charge in [0.25, 0.3) is 0 Å². The molecule has 1 aliphatic carbocycles. The Morgan fingerprint density at radius 3 is 0.788 bits per heavy atom. The molecule has 52 heavy (non-hydrogen) atoms. The molecule has 12 heteroatoms. The number of ether oxygens (including phenoxy) is 4. The van der Waals surface area contributed by atoms with Gasteiger partial charge < -0.3 is 39.4 Å². The van der Waals surface area contributed by atoms with Crippen LogP contribution in [-0.4, -0.2) is 95.1 Å². The van der Waals surface area contributed by atoms with E-state index >= 15 is 0 Å². The molecule has 272 valence electrons. The van der Waals surface area contributed by atoms with Crippen LogP contribution in [-0.2, 0) is 51.9 Å². The van der Waals surface area contributed by atoms with Gasteiger partial charge >= 0.3 is 0 Å². The van der Waals surface area contributed by atoms with Crippen molar-refractivity contribution in [1.82, 2.24) is 19.6 Å². The molecule has 0 fully saturated rings. The molecule has 0 aromatic heterocycles. The Morgan fingerprint density at radius 1 is 0.365 bits per heavy atom. The lowest BCUT2D eigenvalue weighted by Gasteiger charge is -2.32. The standard InChI is InChI=1S/C40H44N4O8/c1-41-13-29-33(45)21-5-25(37(29)49-17-41)10-22-6-27(39-30(34(22)46)14-42(2)19-51-39)12-24-8-28(40-32(36(24)48)16-44(4)20-52-40)11-23-7-26(9-21)38-31(35(23)47)15-43(3)18-50-38/h5-8,45-48H,9-20H2,1-4H3. The number of benzene rings is 4. The van der Waals surface area contributed by atoms with Crippen LogP contribution in [0.4, 0.5) is 0 Å². The lowest BCUT2D eigenvalue weighted by atomic mass is 9.87. The van der Waals surface area contributed by atoms with Gasteiger partial charge in [0, 0.05) is 51.9 Å². The van der Waals surface area contributed by atoms with E-state index < -0.39 is 0 Å². The molecular formula is C40H44N4O8. The first kappa shape index (κ1) is 33.0. The van der Waals surface area contributed by atoms with E-state index in [9.17, 15) is 20.4 Å². The van der Waals surface area contributed by atoms with Crippen LogP contribution in [0.2, 0.25) is 0 Å². The molecule has 9 rings (SSSR count). The monoisotopic (exact) mass is 708 g/mol. The molecule has 4 aliphatic heterocycles. The first-order valence-corrected chi connectivity index (χ1v) is 17.7. The normalized spacial score (nSPS) is 18.8. The Balaban J connectivity index is 1.31. The summed E-state index contributed by atoms with van der Waals surface area (Å²) in [5.74, 6) is 3.18. The van der Waals surface area contributed by atoms with Crippen molar-refractivity contribution in [2.24, 2.45) is 0 Å². The summed E-state index contributed by atoms with van der Waals surface area (Å²) >= 11 is 0. The van der Waals surface area contributed by atoms with Crippen LogP contribution in [0.1, 0.15) is 66.8 Å². The molecule has 4 aromatic rings. The number of hydrogen-bond donors (Lipinski definition) is 4. The summed E-state index contributed by atoms with van der Waals surface area (Å²) in [6.07, 6.45) is 1.37. The predicted molar refractivity (Wildman–Crippen MR) is 191 cm³/mol. The second-order valence-corrected chi connectivity index (χ2v) is 15.3. The van der Waals surface area contributed by atoms with E-state index in [0.29, 0.717) is 146 Å². The molecule has 0 radical (unpaired) electrons. The zero-order valence-electron chi connectivity index (χ0n) is 30.0. The quantitative estimate of drug-likeness (QED) is 0.183. The zero-order valence-corrected chi connectivity index (χ0v) is 30.0. The van der Waals surface area contributed by atoms with Gasteiger partial charge in [-0.3, -0.25) is 19.6 Å². The molecule has 0 unspecified atom stereocenters. The van der Waals surface area contributed by atoms with Gasteiger partial charge in [-0.1, -0.05) is 0 Å². The van der Waals surface area contributed by atoms with Gasteiger partial charge in [-0.05, 0) is 97.0 Å². The van der Waals surface area contributed by atoms with Crippen molar-refractivity contribution in [3.8, 4) is 46.0 Å². The molecule has 4 aromatic carbocycles. The lowest BCUT2D eigenvalue weighted by molar-refractivity contribution is 0.117. The molecule has 0 saturated carbocycles. The molecule has 0 atom stereocenters. The summed E-state index contributed by atoms with van der Waals surface area (Å²) < 4.78 is 25.1. The Hall–Kier alpha value is -4.88. The highest BCUT2D eigenvalue weighted by Crippen LogP contribution is 2.48. The van der Waals surface area contributed by atoms with E-state index in [1.165, 1.54) is 0 Å². The van der Waals surface area contributed by atoms with Crippen LogP contribution < -0.4 is 18.9 Å². The van der Waals surface area contributed by atoms with Crippen LogP contribution in [0.5, 0.6) is 46.0 Å². The fraction of sp³-hybridized carbons (Fsp3) is 0.400. The Bertz CT molecular complexity index is 1850. The van der Waals surface area contributed by atoms with Gasteiger partial charge in [0.1, 0.15) is 72.9 Å². The summed E-state index contributed by atoms with van der Waals surface area (Å²) in [7, 11) is 7.79. The smallest absolute Gasteiger partial charge is 0.142 e. The van der Waals surface area contributed by atoms with Crippen molar-refractivity contribution in [1.29, 1.82) is 0 Å².